The van der Waals surface area contributed by atoms with Crippen LogP contribution in [0.2, 0.25) is 10.0 Å². The van der Waals surface area contributed by atoms with E-state index in [0.717, 1.165) is 18.2 Å². The molecule has 32 heavy (non-hydrogen) atoms. The first-order chi connectivity index (χ1) is 15.1. The topological polar surface area (TPSA) is 142 Å². The number of benzene rings is 2. The molecule has 1 aromatic heterocycles. The molecule has 0 atom stereocenters. The summed E-state index contributed by atoms with van der Waals surface area (Å²) in [6, 6.07) is 7.82. The maximum absolute atomic E-state index is 12.3. The maximum atomic E-state index is 12.3. The number of carbonyl (C=O) groups excluding carboxylic acids is 1. The number of carbonyl (C=O) groups is 2. The highest BCUT2D eigenvalue weighted by Gasteiger charge is 2.22. The van der Waals surface area contributed by atoms with E-state index in [2.05, 4.69) is 10.5 Å². The molecule has 1 heterocycles. The molecule has 0 fully saturated rings. The summed E-state index contributed by atoms with van der Waals surface area (Å²) in [6.07, 6.45) is 0. The van der Waals surface area contributed by atoms with Crippen LogP contribution in [0.3, 0.4) is 0 Å². The van der Waals surface area contributed by atoms with Crippen molar-refractivity contribution in [2.24, 2.45) is 5.10 Å². The number of hydrogen-bond acceptors (Lipinski definition) is 7. The Kier molecular flexibility index (Phi) is 6.78. The number of amides is 1. The van der Waals surface area contributed by atoms with Crippen molar-refractivity contribution in [1.29, 1.82) is 0 Å². The fourth-order valence-corrected chi connectivity index (χ4v) is 4.34. The minimum absolute atomic E-state index is 0.0869. The van der Waals surface area contributed by atoms with Crippen LogP contribution in [0.1, 0.15) is 33.2 Å². The van der Waals surface area contributed by atoms with E-state index in [-0.39, 0.29) is 17.0 Å². The second kappa shape index (κ2) is 9.35. The normalized spacial score (nSPS) is 11.3. The van der Waals surface area contributed by atoms with Gasteiger partial charge < -0.3 is 10.2 Å². The molecule has 0 unspecified atom stereocenters. The predicted octanol–water partition coefficient (Wildman–Crippen LogP) is 5.19. The number of nitro benzene ring substituents is 1. The van der Waals surface area contributed by atoms with Gasteiger partial charge in [-0.3, -0.25) is 14.9 Å². The Bertz CT molecular complexity index is 1290. The summed E-state index contributed by atoms with van der Waals surface area (Å²) in [5.74, 6) is -2.36. The van der Waals surface area contributed by atoms with Crippen molar-refractivity contribution in [2.45, 2.75) is 6.92 Å². The molecular formula is C20H13Cl2N3O6S. The number of rotatable bonds is 6. The lowest BCUT2D eigenvalue weighted by Gasteiger charge is -2.05. The number of halogens is 2. The Morgan fingerprint density at radius 3 is 2.50 bits per heavy atom. The lowest BCUT2D eigenvalue weighted by molar-refractivity contribution is -0.385. The number of nitrogens with one attached hydrogen (secondary N) is 1. The number of carboxylic acids is 1. The summed E-state index contributed by atoms with van der Waals surface area (Å²) in [5, 5.41) is 37.1. The van der Waals surface area contributed by atoms with Crippen molar-refractivity contribution in [3.05, 3.63) is 78.6 Å². The molecule has 0 aliphatic heterocycles. The molecule has 0 saturated heterocycles. The molecule has 0 aliphatic rings. The third-order valence-electron chi connectivity index (χ3n) is 4.34. The Labute approximate surface area is 194 Å². The second-order valence-electron chi connectivity index (χ2n) is 6.38. The first kappa shape index (κ1) is 23.2. The van der Waals surface area contributed by atoms with Crippen LogP contribution in [0.15, 0.2) is 46.9 Å². The van der Waals surface area contributed by atoms with E-state index in [1.54, 1.807) is 30.5 Å². The van der Waals surface area contributed by atoms with Crippen LogP contribution in [0.25, 0.3) is 10.4 Å². The zero-order valence-corrected chi connectivity index (χ0v) is 18.5. The molecule has 3 aromatic rings. The molecule has 0 saturated carbocycles. The average Bonchev–Trinajstić information content (AvgIpc) is 3.12. The summed E-state index contributed by atoms with van der Waals surface area (Å²) in [4.78, 5) is 34.1. The van der Waals surface area contributed by atoms with Gasteiger partial charge in [0.1, 0.15) is 11.3 Å². The van der Waals surface area contributed by atoms with Gasteiger partial charge in [0, 0.05) is 27.6 Å². The van der Waals surface area contributed by atoms with Gasteiger partial charge in [-0.15, -0.1) is 11.3 Å². The molecule has 0 aliphatic carbocycles. The minimum atomic E-state index is -1.48. The van der Waals surface area contributed by atoms with E-state index in [4.69, 9.17) is 28.3 Å². The van der Waals surface area contributed by atoms with Crippen molar-refractivity contribution < 1.29 is 24.7 Å². The molecule has 2 aromatic carbocycles. The molecule has 12 heteroatoms. The smallest absolute Gasteiger partial charge is 0.342 e. The number of aromatic hydroxyl groups is 1. The Balaban J connectivity index is 1.84. The molecule has 1 amide bonds. The van der Waals surface area contributed by atoms with Gasteiger partial charge in [-0.1, -0.05) is 29.3 Å². The van der Waals surface area contributed by atoms with Gasteiger partial charge in [0.2, 0.25) is 0 Å². The van der Waals surface area contributed by atoms with Gasteiger partial charge in [-0.2, -0.15) is 5.10 Å². The minimum Gasteiger partial charge on any atom is -0.506 e. The van der Waals surface area contributed by atoms with Crippen LogP contribution in [0.4, 0.5) is 5.69 Å². The van der Waals surface area contributed by atoms with Gasteiger partial charge >= 0.3 is 5.97 Å². The van der Waals surface area contributed by atoms with Crippen molar-refractivity contribution in [3.63, 3.8) is 0 Å². The van der Waals surface area contributed by atoms with Gasteiger partial charge in [-0.05, 0) is 31.2 Å². The molecule has 0 radical (unpaired) electrons. The van der Waals surface area contributed by atoms with Crippen molar-refractivity contribution in [2.75, 3.05) is 0 Å². The van der Waals surface area contributed by atoms with E-state index in [1.165, 1.54) is 11.3 Å². The van der Waals surface area contributed by atoms with Gasteiger partial charge in [0.15, 0.2) is 0 Å². The summed E-state index contributed by atoms with van der Waals surface area (Å²) in [7, 11) is 0. The van der Waals surface area contributed by atoms with E-state index in [9.17, 15) is 24.8 Å². The van der Waals surface area contributed by atoms with Crippen molar-refractivity contribution in [3.8, 4) is 16.2 Å². The quantitative estimate of drug-likeness (QED) is 0.245. The highest BCUT2D eigenvalue weighted by Crippen LogP contribution is 2.42. The molecular weight excluding hydrogens is 481 g/mol. The average molecular weight is 494 g/mol. The van der Waals surface area contributed by atoms with E-state index in [1.807, 2.05) is 0 Å². The van der Waals surface area contributed by atoms with Crippen LogP contribution in [-0.2, 0) is 0 Å². The molecule has 3 rings (SSSR count). The summed E-state index contributed by atoms with van der Waals surface area (Å²) >= 11 is 13.3. The fraction of sp³-hybridized carbons (Fsp3) is 0.0500. The molecule has 0 spiro atoms. The van der Waals surface area contributed by atoms with Crippen LogP contribution >= 0.6 is 34.5 Å². The van der Waals surface area contributed by atoms with E-state index >= 15 is 0 Å². The van der Waals surface area contributed by atoms with Gasteiger partial charge in [-0.25, -0.2) is 10.2 Å². The standard InChI is InChI=1S/C20H13Cl2N3O6S/c1-9(14-8-32-18(17(14)26)12-5-3-11(21)7-15(12)22)23-24-19(27)10-2-4-13(20(28)29)16(6-10)25(30)31/h2-8,26H,1H3,(H,24,27)(H,28,29)/b23-9+. The summed E-state index contributed by atoms with van der Waals surface area (Å²) < 4.78 is 0. The number of hydrazone groups is 1. The highest BCUT2D eigenvalue weighted by molar-refractivity contribution is 7.14. The number of nitro groups is 1. The number of carboxylic acid groups (broad SMARTS) is 1. The lowest BCUT2D eigenvalue weighted by atomic mass is 10.1. The second-order valence-corrected chi connectivity index (χ2v) is 8.11. The monoisotopic (exact) mass is 493 g/mol. The summed E-state index contributed by atoms with van der Waals surface area (Å²) in [5.41, 5.74) is 2.02. The molecule has 164 valence electrons. The zero-order valence-electron chi connectivity index (χ0n) is 16.1. The van der Waals surface area contributed by atoms with Crippen LogP contribution < -0.4 is 5.43 Å². The first-order valence-electron chi connectivity index (χ1n) is 8.72. The number of hydrogen-bond donors (Lipinski definition) is 3. The number of thiophene rings is 1. The lowest BCUT2D eigenvalue weighted by Crippen LogP contribution is -2.19. The first-order valence-corrected chi connectivity index (χ1v) is 10.4. The maximum Gasteiger partial charge on any atom is 0.342 e. The Hall–Kier alpha value is -3.47. The van der Waals surface area contributed by atoms with Gasteiger partial charge in [0.05, 0.1) is 26.1 Å². The third kappa shape index (κ3) is 4.72. The molecule has 0 bridgehead atoms. The van der Waals surface area contributed by atoms with Crippen LogP contribution in [0, 0.1) is 10.1 Å². The van der Waals surface area contributed by atoms with E-state index < -0.39 is 28.1 Å². The van der Waals surface area contributed by atoms with Crippen LogP contribution in [-0.4, -0.2) is 32.7 Å². The van der Waals surface area contributed by atoms with E-state index in [0.29, 0.717) is 26.0 Å². The number of nitrogens with zero attached hydrogens (tertiary/aromatic N) is 2. The zero-order chi connectivity index (χ0) is 23.6. The highest BCUT2D eigenvalue weighted by atomic mass is 35.5. The fourth-order valence-electron chi connectivity index (χ4n) is 2.74. The molecule has 9 nitrogen and oxygen atoms in total. The van der Waals surface area contributed by atoms with Gasteiger partial charge in [0.25, 0.3) is 11.6 Å². The third-order valence-corrected chi connectivity index (χ3v) is 5.89. The Morgan fingerprint density at radius 1 is 1.16 bits per heavy atom. The van der Waals surface area contributed by atoms with Crippen molar-refractivity contribution >= 4 is 57.8 Å². The van der Waals surface area contributed by atoms with Crippen LogP contribution in [0.5, 0.6) is 5.75 Å². The largest absolute Gasteiger partial charge is 0.506 e. The summed E-state index contributed by atoms with van der Waals surface area (Å²) in [6.45, 7) is 1.55. The Morgan fingerprint density at radius 2 is 1.88 bits per heavy atom. The molecule has 3 N–H and O–H groups in total. The van der Waals surface area contributed by atoms with Crippen molar-refractivity contribution in [1.82, 2.24) is 5.43 Å². The SMILES string of the molecule is C/C(=N\NC(=O)c1ccc(C(=O)O)c([N+](=O)[O-])c1)c1csc(-c2ccc(Cl)cc2Cl)c1O. The number of aromatic carboxylic acids is 1. The predicted molar refractivity (Wildman–Crippen MR) is 121 cm³/mol.